The van der Waals surface area contributed by atoms with Crippen LogP contribution in [0.4, 0.5) is 4.79 Å². The van der Waals surface area contributed by atoms with Gasteiger partial charge in [-0.3, -0.25) is 4.79 Å². The summed E-state index contributed by atoms with van der Waals surface area (Å²) in [7, 11) is 0. The lowest BCUT2D eigenvalue weighted by atomic mass is 10.0. The molecule has 0 aromatic carbocycles. The first-order valence-electron chi connectivity index (χ1n) is 11.1. The van der Waals surface area contributed by atoms with Crippen LogP contribution in [0.1, 0.15) is 77.0 Å². The zero-order valence-corrected chi connectivity index (χ0v) is 20.0. The topological polar surface area (TPSA) is 80.6 Å². The van der Waals surface area contributed by atoms with Crippen LogP contribution in [0.5, 0.6) is 0 Å². The molecule has 8 heteroatoms. The number of pyridine rings is 1. The summed E-state index contributed by atoms with van der Waals surface area (Å²) in [5.41, 5.74) is 1.59. The van der Waals surface area contributed by atoms with Gasteiger partial charge < -0.3 is 14.5 Å². The Morgan fingerprint density at radius 1 is 1.23 bits per heavy atom. The number of carbonyl (C=O) groups is 2. The summed E-state index contributed by atoms with van der Waals surface area (Å²) in [5.74, 6) is -0.0527. The van der Waals surface area contributed by atoms with E-state index in [0.29, 0.717) is 18.7 Å². The van der Waals surface area contributed by atoms with Gasteiger partial charge in [-0.15, -0.1) is 0 Å². The third-order valence-corrected chi connectivity index (χ3v) is 5.74. The van der Waals surface area contributed by atoms with Crippen LogP contribution in [0.3, 0.4) is 0 Å². The molecule has 0 N–H and O–H groups in total. The van der Waals surface area contributed by atoms with Crippen molar-refractivity contribution in [2.24, 2.45) is 0 Å². The fourth-order valence-corrected chi connectivity index (χ4v) is 4.15. The van der Waals surface area contributed by atoms with Crippen molar-refractivity contribution in [2.45, 2.75) is 85.5 Å². The molecular weight excluding hydrogens is 394 g/mol. The van der Waals surface area contributed by atoms with Gasteiger partial charge in [-0.05, 0) is 61.0 Å². The van der Waals surface area contributed by atoms with Crippen molar-refractivity contribution in [3.63, 3.8) is 0 Å². The number of carbonyl (C=O) groups excluding carboxylic acids is 2. The minimum atomic E-state index is -0.549. The van der Waals surface area contributed by atoms with Crippen molar-refractivity contribution in [3.8, 4) is 0 Å². The SMILES string of the molecule is CCC(C)n1ncc2c(C(=O)N3C(C)CN(C(=O)OC(C)(C)C)CC3C)cc(C)nc21. The van der Waals surface area contributed by atoms with Crippen molar-refractivity contribution in [3.05, 3.63) is 23.5 Å². The maximum absolute atomic E-state index is 13.7. The van der Waals surface area contributed by atoms with Crippen molar-refractivity contribution < 1.29 is 14.3 Å². The van der Waals surface area contributed by atoms with Gasteiger partial charge in [0.25, 0.3) is 5.91 Å². The molecule has 31 heavy (non-hydrogen) atoms. The van der Waals surface area contributed by atoms with Gasteiger partial charge in [0.15, 0.2) is 5.65 Å². The molecule has 2 aromatic rings. The Kier molecular flexibility index (Phi) is 6.30. The number of amides is 2. The van der Waals surface area contributed by atoms with Crippen LogP contribution in [-0.4, -0.2) is 67.3 Å². The summed E-state index contributed by atoms with van der Waals surface area (Å²) in [6.45, 7) is 16.5. The first kappa shape index (κ1) is 23.0. The summed E-state index contributed by atoms with van der Waals surface area (Å²) in [5, 5.41) is 5.29. The van der Waals surface area contributed by atoms with Gasteiger partial charge in [0, 0.05) is 30.9 Å². The Labute approximate surface area is 184 Å². The second kappa shape index (κ2) is 8.48. The fourth-order valence-electron chi connectivity index (χ4n) is 4.15. The van der Waals surface area contributed by atoms with E-state index in [1.54, 1.807) is 11.1 Å². The van der Waals surface area contributed by atoms with E-state index in [-0.39, 0.29) is 30.1 Å². The predicted octanol–water partition coefficient (Wildman–Crippen LogP) is 4.18. The predicted molar refractivity (Wildman–Crippen MR) is 120 cm³/mol. The quantitative estimate of drug-likeness (QED) is 0.731. The zero-order valence-electron chi connectivity index (χ0n) is 20.0. The Balaban J connectivity index is 1.89. The molecule has 3 atom stereocenters. The summed E-state index contributed by atoms with van der Waals surface area (Å²) in [4.78, 5) is 34.4. The molecule has 0 saturated carbocycles. The lowest BCUT2D eigenvalue weighted by Crippen LogP contribution is -2.60. The highest BCUT2D eigenvalue weighted by Crippen LogP contribution is 2.27. The highest BCUT2D eigenvalue weighted by molar-refractivity contribution is 6.05. The Bertz CT molecular complexity index is 965. The number of fused-ring (bicyclic) bond motifs is 1. The minimum absolute atomic E-state index is 0.0527. The van der Waals surface area contributed by atoms with Crippen LogP contribution in [0.15, 0.2) is 12.3 Å². The first-order valence-corrected chi connectivity index (χ1v) is 11.1. The fraction of sp³-hybridized carbons (Fsp3) is 0.652. The van der Waals surface area contributed by atoms with Gasteiger partial charge in [0.05, 0.1) is 23.2 Å². The summed E-state index contributed by atoms with van der Waals surface area (Å²) in [6.07, 6.45) is 2.33. The van der Waals surface area contributed by atoms with Gasteiger partial charge in [-0.2, -0.15) is 5.10 Å². The van der Waals surface area contributed by atoms with Gasteiger partial charge in [0.2, 0.25) is 0 Å². The second-order valence-electron chi connectivity index (χ2n) is 9.69. The molecule has 2 aromatic heterocycles. The normalized spacial score (nSPS) is 20.8. The summed E-state index contributed by atoms with van der Waals surface area (Å²) in [6, 6.07) is 1.76. The van der Waals surface area contributed by atoms with Gasteiger partial charge >= 0.3 is 6.09 Å². The number of nitrogens with zero attached hydrogens (tertiary/aromatic N) is 5. The van der Waals surface area contributed by atoms with E-state index >= 15 is 0 Å². The van der Waals surface area contributed by atoms with E-state index in [9.17, 15) is 9.59 Å². The van der Waals surface area contributed by atoms with E-state index in [4.69, 9.17) is 4.74 Å². The summed E-state index contributed by atoms with van der Waals surface area (Å²) >= 11 is 0. The van der Waals surface area contributed by atoms with Crippen molar-refractivity contribution in [1.29, 1.82) is 0 Å². The smallest absolute Gasteiger partial charge is 0.410 e. The highest BCUT2D eigenvalue weighted by atomic mass is 16.6. The van der Waals surface area contributed by atoms with Crippen LogP contribution < -0.4 is 0 Å². The van der Waals surface area contributed by atoms with Crippen molar-refractivity contribution >= 4 is 23.0 Å². The molecule has 0 bridgehead atoms. The van der Waals surface area contributed by atoms with E-state index in [1.807, 2.05) is 57.2 Å². The van der Waals surface area contributed by atoms with Crippen LogP contribution in [0.25, 0.3) is 11.0 Å². The maximum atomic E-state index is 13.7. The zero-order chi connectivity index (χ0) is 23.1. The Hall–Kier alpha value is -2.64. The molecule has 3 unspecified atom stereocenters. The summed E-state index contributed by atoms with van der Waals surface area (Å²) < 4.78 is 7.42. The molecule has 1 fully saturated rings. The van der Waals surface area contributed by atoms with Crippen LogP contribution in [0, 0.1) is 6.92 Å². The maximum Gasteiger partial charge on any atom is 0.410 e. The van der Waals surface area contributed by atoms with E-state index < -0.39 is 5.60 Å². The number of ether oxygens (including phenoxy) is 1. The highest BCUT2D eigenvalue weighted by Gasteiger charge is 2.37. The van der Waals surface area contributed by atoms with E-state index in [0.717, 1.165) is 23.1 Å². The third-order valence-electron chi connectivity index (χ3n) is 5.74. The van der Waals surface area contributed by atoms with Crippen molar-refractivity contribution in [1.82, 2.24) is 24.6 Å². The lowest BCUT2D eigenvalue weighted by Gasteiger charge is -2.44. The number of hydrogen-bond donors (Lipinski definition) is 0. The second-order valence-corrected chi connectivity index (χ2v) is 9.69. The molecule has 8 nitrogen and oxygen atoms in total. The molecule has 3 rings (SSSR count). The standard InChI is InChI=1S/C23H35N5O3/c1-9-15(3)28-20-19(11-24-28)18(10-14(2)25-20)21(29)27-16(4)12-26(13-17(27)5)22(30)31-23(6,7)8/h10-11,15-17H,9,12-13H2,1-8H3. The number of hydrogen-bond acceptors (Lipinski definition) is 5. The monoisotopic (exact) mass is 429 g/mol. The van der Waals surface area contributed by atoms with Gasteiger partial charge in [-0.1, -0.05) is 6.92 Å². The molecule has 2 amide bonds. The van der Waals surface area contributed by atoms with Crippen molar-refractivity contribution in [2.75, 3.05) is 13.1 Å². The van der Waals surface area contributed by atoms with Crippen LogP contribution >= 0.6 is 0 Å². The average Bonchev–Trinajstić information content (AvgIpc) is 3.08. The minimum Gasteiger partial charge on any atom is -0.444 e. The Morgan fingerprint density at radius 3 is 2.39 bits per heavy atom. The lowest BCUT2D eigenvalue weighted by molar-refractivity contribution is -0.00483. The molecule has 0 radical (unpaired) electrons. The van der Waals surface area contributed by atoms with E-state index in [2.05, 4.69) is 23.9 Å². The molecule has 1 aliphatic heterocycles. The molecule has 1 aliphatic rings. The van der Waals surface area contributed by atoms with Crippen LogP contribution in [0.2, 0.25) is 0 Å². The molecule has 1 saturated heterocycles. The number of piperazine rings is 1. The third kappa shape index (κ3) is 4.67. The number of aryl methyl sites for hydroxylation is 1. The van der Waals surface area contributed by atoms with Gasteiger partial charge in [0.1, 0.15) is 5.60 Å². The molecule has 170 valence electrons. The molecule has 0 spiro atoms. The number of rotatable bonds is 3. The largest absolute Gasteiger partial charge is 0.444 e. The first-order chi connectivity index (χ1) is 14.4. The van der Waals surface area contributed by atoms with Crippen LogP contribution in [-0.2, 0) is 4.74 Å². The molecular formula is C23H35N5O3. The average molecular weight is 430 g/mol. The molecule has 3 heterocycles. The number of aromatic nitrogens is 3. The Morgan fingerprint density at radius 2 is 1.84 bits per heavy atom. The van der Waals surface area contributed by atoms with E-state index in [1.165, 1.54) is 0 Å². The molecule has 0 aliphatic carbocycles. The van der Waals surface area contributed by atoms with Gasteiger partial charge in [-0.25, -0.2) is 14.5 Å².